The first-order chi connectivity index (χ1) is 32.2. The van der Waals surface area contributed by atoms with Crippen molar-refractivity contribution in [2.75, 3.05) is 40.0 Å². The molecule has 2 aliphatic heterocycles. The van der Waals surface area contributed by atoms with Gasteiger partial charge in [0.05, 0.1) is 50.2 Å². The number of rotatable bonds is 17. The highest BCUT2D eigenvalue weighted by molar-refractivity contribution is 5.95. The summed E-state index contributed by atoms with van der Waals surface area (Å²) in [4.78, 5) is 86.9. The number of aryl methyl sites for hydroxylation is 2. The summed E-state index contributed by atoms with van der Waals surface area (Å²) in [5.41, 5.74) is 8.87. The van der Waals surface area contributed by atoms with Gasteiger partial charge in [-0.15, -0.1) is 0 Å². The fraction of sp³-hybridized carbons (Fsp3) is 0.647. The lowest BCUT2D eigenvalue weighted by Crippen LogP contribution is -2.60. The second kappa shape index (κ2) is 22.7. The molecule has 0 bridgehead atoms. The Morgan fingerprint density at radius 1 is 0.691 bits per heavy atom. The largest absolute Gasteiger partial charge is 0.394 e. The smallest absolute Gasteiger partial charge is 0.246 e. The average Bonchev–Trinajstić information content (AvgIpc) is 3.95. The predicted octanol–water partition coefficient (Wildman–Crippen LogP) is 2.34. The van der Waals surface area contributed by atoms with Crippen molar-refractivity contribution >= 4 is 35.4 Å². The van der Waals surface area contributed by atoms with Crippen molar-refractivity contribution in [3.63, 3.8) is 0 Å². The summed E-state index contributed by atoms with van der Waals surface area (Å²) in [7, 11) is 1.67. The highest BCUT2D eigenvalue weighted by Crippen LogP contribution is 2.34. The molecule has 2 heterocycles. The Hall–Kier alpha value is -4.94. The number of nitrogens with two attached hydrogens (primary N) is 1. The quantitative estimate of drug-likeness (QED) is 0.114. The van der Waals surface area contributed by atoms with Gasteiger partial charge in [-0.25, -0.2) is 0 Å². The van der Waals surface area contributed by atoms with E-state index < -0.39 is 77.7 Å². The number of amides is 6. The molecule has 6 rings (SSSR count). The van der Waals surface area contributed by atoms with E-state index in [1.807, 2.05) is 57.2 Å². The molecule has 374 valence electrons. The molecule has 2 aromatic carbocycles. The number of carbonyl (C=O) groups excluding carboxylic acids is 6. The molecule has 4 aliphatic rings. The summed E-state index contributed by atoms with van der Waals surface area (Å²) in [5, 5.41) is 24.6. The standard InChI is InChI=1S/C51H76N8O9/c1-30(53-8)44(61)56-42(50(2,3)4)48(65)58-27-33(25-40(58)46(63)54-38-21-13-17-31-15-9-11-19-35(31)38)67-23-24-68-34-26-41(47(64)55-39-22-14-18-32-16-10-12-20-36(32)39)59(28-34)49(66)43(51(5,6)7)57-45(62)37(52)29-60/h9-12,15-16,19-20,30,33-34,37-43,53,60H,13-14,17-18,21-29,52H2,1-8H3,(H,54,63)(H,55,64)(H,56,61)(H,57,62)/t30-,33-,34-,37-,38+,39?,40-,41-,42+,43+/m0/s1. The minimum atomic E-state index is -1.23. The van der Waals surface area contributed by atoms with Gasteiger partial charge in [-0.1, -0.05) is 90.1 Å². The first-order valence-electron chi connectivity index (χ1n) is 24.5. The Morgan fingerprint density at radius 2 is 1.10 bits per heavy atom. The van der Waals surface area contributed by atoms with Gasteiger partial charge >= 0.3 is 0 Å². The Bertz CT molecular complexity index is 1970. The van der Waals surface area contributed by atoms with Gasteiger partial charge in [0.1, 0.15) is 30.2 Å². The molecule has 2 aromatic rings. The number of ether oxygens (including phenoxy) is 2. The molecule has 0 radical (unpaired) electrons. The van der Waals surface area contributed by atoms with Gasteiger partial charge in [0, 0.05) is 25.9 Å². The number of hydrogen-bond acceptors (Lipinski definition) is 11. The number of hydrogen-bond donors (Lipinski definition) is 7. The van der Waals surface area contributed by atoms with Gasteiger partial charge in [-0.2, -0.15) is 0 Å². The number of aliphatic hydroxyl groups excluding tert-OH is 1. The molecule has 8 N–H and O–H groups in total. The number of carbonyl (C=O) groups is 6. The molecular formula is C51H76N8O9. The van der Waals surface area contributed by atoms with Gasteiger partial charge in [0.2, 0.25) is 35.4 Å². The Morgan fingerprint density at radius 3 is 1.50 bits per heavy atom. The molecule has 1 unspecified atom stereocenters. The summed E-state index contributed by atoms with van der Waals surface area (Å²) < 4.78 is 12.7. The van der Waals surface area contributed by atoms with E-state index in [2.05, 4.69) is 38.7 Å². The van der Waals surface area contributed by atoms with Crippen LogP contribution in [0.5, 0.6) is 0 Å². The second-order valence-corrected chi connectivity index (χ2v) is 21.2. The molecule has 10 atom stereocenters. The van der Waals surface area contributed by atoms with Crippen molar-refractivity contribution in [1.29, 1.82) is 0 Å². The number of nitrogens with zero attached hydrogens (tertiary/aromatic N) is 2. The van der Waals surface area contributed by atoms with Crippen molar-refractivity contribution in [2.24, 2.45) is 16.6 Å². The summed E-state index contributed by atoms with van der Waals surface area (Å²) >= 11 is 0. The molecule has 17 nitrogen and oxygen atoms in total. The van der Waals surface area contributed by atoms with Crippen molar-refractivity contribution < 1.29 is 43.3 Å². The van der Waals surface area contributed by atoms with Crippen LogP contribution in [-0.4, -0.2) is 139 Å². The van der Waals surface area contributed by atoms with Crippen LogP contribution in [0.1, 0.15) is 121 Å². The Balaban J connectivity index is 1.16. The van der Waals surface area contributed by atoms with E-state index in [1.165, 1.54) is 16.0 Å². The van der Waals surface area contributed by atoms with Crippen LogP contribution < -0.4 is 32.3 Å². The topological polar surface area (TPSA) is 234 Å². The SMILES string of the molecule is CN[C@@H](C)C(=O)N[C@H](C(=O)N1C[C@@H](OCCO[C@H]2C[C@@H](C(=O)NC3CCCc4ccccc43)N(C(=O)[C@@H](NC(=O)[C@@H](N)CO)C(C)(C)C)C2)C[C@H]1C(=O)N[C@@H]1CCCc2ccccc21)C(C)(C)C. The molecule has 6 amide bonds. The number of benzene rings is 2. The van der Waals surface area contributed by atoms with E-state index in [1.54, 1.807) is 39.6 Å². The summed E-state index contributed by atoms with van der Waals surface area (Å²) in [6.07, 6.45) is 4.51. The molecule has 0 aromatic heterocycles. The fourth-order valence-corrected chi connectivity index (χ4v) is 9.95. The number of nitrogens with one attached hydrogen (secondary N) is 5. The lowest BCUT2D eigenvalue weighted by atomic mass is 9.85. The first-order valence-corrected chi connectivity index (χ1v) is 24.5. The maximum atomic E-state index is 14.6. The van der Waals surface area contributed by atoms with Crippen molar-refractivity contribution in [1.82, 2.24) is 36.4 Å². The zero-order chi connectivity index (χ0) is 49.5. The van der Waals surface area contributed by atoms with Crippen LogP contribution in [-0.2, 0) is 51.1 Å². The Kier molecular flexibility index (Phi) is 17.5. The third-order valence-corrected chi connectivity index (χ3v) is 14.0. The number of fused-ring (bicyclic) bond motifs is 2. The van der Waals surface area contributed by atoms with Gasteiger partial charge < -0.3 is 56.7 Å². The summed E-state index contributed by atoms with van der Waals surface area (Å²) in [6.45, 7) is 12.5. The molecule has 2 fully saturated rings. The second-order valence-electron chi connectivity index (χ2n) is 21.2. The van der Waals surface area contributed by atoms with E-state index >= 15 is 0 Å². The molecule has 2 aliphatic carbocycles. The zero-order valence-corrected chi connectivity index (χ0v) is 41.3. The van der Waals surface area contributed by atoms with Crippen molar-refractivity contribution in [3.05, 3.63) is 70.8 Å². The average molecular weight is 945 g/mol. The number of likely N-dealkylation sites (N-methyl/N-ethyl adjacent to an activating group) is 1. The van der Waals surface area contributed by atoms with Gasteiger partial charge in [0.15, 0.2) is 0 Å². The van der Waals surface area contributed by atoms with Crippen LogP contribution in [0.3, 0.4) is 0 Å². The van der Waals surface area contributed by atoms with E-state index in [0.717, 1.165) is 49.7 Å². The normalized spacial score (nSPS) is 24.4. The lowest BCUT2D eigenvalue weighted by molar-refractivity contribution is -0.144. The fourth-order valence-electron chi connectivity index (χ4n) is 9.95. The van der Waals surface area contributed by atoms with Crippen LogP contribution in [0.15, 0.2) is 48.5 Å². The van der Waals surface area contributed by atoms with Crippen molar-refractivity contribution in [3.8, 4) is 0 Å². The zero-order valence-electron chi connectivity index (χ0n) is 41.3. The predicted molar refractivity (Wildman–Crippen MR) is 257 cm³/mol. The molecule has 0 saturated carbocycles. The van der Waals surface area contributed by atoms with Crippen LogP contribution in [0.2, 0.25) is 0 Å². The maximum absolute atomic E-state index is 14.6. The van der Waals surface area contributed by atoms with Crippen molar-refractivity contribution in [2.45, 2.75) is 160 Å². The Labute approximate surface area is 401 Å². The third kappa shape index (κ3) is 12.6. The number of aliphatic hydroxyl groups is 1. The minimum absolute atomic E-state index is 0.0665. The molecular weight excluding hydrogens is 869 g/mol. The molecule has 68 heavy (non-hydrogen) atoms. The summed E-state index contributed by atoms with van der Waals surface area (Å²) in [5.74, 6) is -2.47. The van der Waals surface area contributed by atoms with E-state index in [4.69, 9.17) is 15.2 Å². The lowest BCUT2D eigenvalue weighted by Gasteiger charge is -2.36. The van der Waals surface area contributed by atoms with Gasteiger partial charge in [-0.05, 0) is 85.6 Å². The van der Waals surface area contributed by atoms with Crippen LogP contribution in [0.25, 0.3) is 0 Å². The highest BCUT2D eigenvalue weighted by Gasteiger charge is 2.48. The van der Waals surface area contributed by atoms with Gasteiger partial charge in [0.25, 0.3) is 0 Å². The van der Waals surface area contributed by atoms with Crippen LogP contribution in [0, 0.1) is 10.8 Å². The summed E-state index contributed by atoms with van der Waals surface area (Å²) in [6, 6.07) is 10.1. The van der Waals surface area contributed by atoms with Crippen LogP contribution in [0.4, 0.5) is 0 Å². The van der Waals surface area contributed by atoms with E-state index in [-0.39, 0.29) is 74.9 Å². The molecule has 17 heteroatoms. The third-order valence-electron chi connectivity index (χ3n) is 14.0. The van der Waals surface area contributed by atoms with E-state index in [9.17, 15) is 33.9 Å². The molecule has 0 spiro atoms. The number of likely N-dealkylation sites (tertiary alicyclic amines) is 2. The first kappa shape index (κ1) is 52.4. The molecule has 2 saturated heterocycles. The monoisotopic (exact) mass is 945 g/mol. The maximum Gasteiger partial charge on any atom is 0.246 e. The van der Waals surface area contributed by atoms with Crippen LogP contribution >= 0.6 is 0 Å². The van der Waals surface area contributed by atoms with Gasteiger partial charge in [-0.3, -0.25) is 28.8 Å². The highest BCUT2D eigenvalue weighted by atomic mass is 16.5. The minimum Gasteiger partial charge on any atom is -0.394 e. The van der Waals surface area contributed by atoms with E-state index in [0.29, 0.717) is 0 Å².